The van der Waals surface area contributed by atoms with Crippen molar-refractivity contribution in [2.45, 2.75) is 0 Å². The molecular weight excluding hydrogens is 118 g/mol. The first-order valence-corrected chi connectivity index (χ1v) is 2.31. The molecule has 0 radical (unpaired) electrons. The standard InChI is InChI=1S/C4H7N5/c1-3-7-2-8-4(5)9(3)6/h2H,1,6H2,(H2,5,7,8). The van der Waals surface area contributed by atoms with Gasteiger partial charge in [-0.1, -0.05) is 6.58 Å². The van der Waals surface area contributed by atoms with Gasteiger partial charge in [-0.15, -0.1) is 0 Å². The van der Waals surface area contributed by atoms with E-state index in [4.69, 9.17) is 11.6 Å². The summed E-state index contributed by atoms with van der Waals surface area (Å²) >= 11 is 0. The van der Waals surface area contributed by atoms with Crippen molar-refractivity contribution in [3.63, 3.8) is 0 Å². The lowest BCUT2D eigenvalue weighted by molar-refractivity contribution is 0.531. The average Bonchev–Trinajstić information content (AvgIpc) is 1.83. The van der Waals surface area contributed by atoms with Gasteiger partial charge in [0, 0.05) is 0 Å². The third kappa shape index (κ3) is 0.895. The minimum atomic E-state index is 0.204. The van der Waals surface area contributed by atoms with E-state index in [2.05, 4.69) is 16.6 Å². The molecule has 1 heterocycles. The number of hydrazine groups is 1. The first-order valence-electron chi connectivity index (χ1n) is 2.31. The van der Waals surface area contributed by atoms with Crippen LogP contribution in [0.5, 0.6) is 0 Å². The van der Waals surface area contributed by atoms with Crippen molar-refractivity contribution >= 4 is 12.3 Å². The lowest BCUT2D eigenvalue weighted by atomic mass is 10.7. The van der Waals surface area contributed by atoms with Crippen LogP contribution in [0.15, 0.2) is 22.4 Å². The molecule has 0 saturated heterocycles. The first kappa shape index (κ1) is 5.77. The van der Waals surface area contributed by atoms with Crippen LogP contribution in [0.1, 0.15) is 0 Å². The van der Waals surface area contributed by atoms with E-state index in [-0.39, 0.29) is 5.96 Å². The van der Waals surface area contributed by atoms with Crippen LogP contribution in [0, 0.1) is 0 Å². The van der Waals surface area contributed by atoms with Crippen molar-refractivity contribution in [3.05, 3.63) is 12.4 Å². The van der Waals surface area contributed by atoms with E-state index in [0.29, 0.717) is 5.82 Å². The molecular formula is C4H7N5. The van der Waals surface area contributed by atoms with Crippen LogP contribution in [0.25, 0.3) is 0 Å². The van der Waals surface area contributed by atoms with Crippen molar-refractivity contribution in [1.29, 1.82) is 0 Å². The third-order valence-electron chi connectivity index (χ3n) is 0.922. The highest BCUT2D eigenvalue weighted by Gasteiger charge is 2.07. The van der Waals surface area contributed by atoms with Crippen molar-refractivity contribution in [1.82, 2.24) is 5.01 Å². The fraction of sp³-hybridized carbons (Fsp3) is 0. The van der Waals surface area contributed by atoms with E-state index < -0.39 is 0 Å². The lowest BCUT2D eigenvalue weighted by Crippen LogP contribution is -2.42. The van der Waals surface area contributed by atoms with Crippen LogP contribution >= 0.6 is 0 Å². The minimum absolute atomic E-state index is 0.204. The molecule has 0 aromatic rings. The summed E-state index contributed by atoms with van der Waals surface area (Å²) in [6.45, 7) is 3.49. The summed E-state index contributed by atoms with van der Waals surface area (Å²) in [5.74, 6) is 5.88. The van der Waals surface area contributed by atoms with Gasteiger partial charge < -0.3 is 5.73 Å². The topological polar surface area (TPSA) is 80.0 Å². The maximum Gasteiger partial charge on any atom is 0.218 e. The van der Waals surface area contributed by atoms with Gasteiger partial charge in [-0.2, -0.15) is 0 Å². The van der Waals surface area contributed by atoms with Crippen molar-refractivity contribution < 1.29 is 0 Å². The molecule has 0 aromatic carbocycles. The average molecular weight is 125 g/mol. The van der Waals surface area contributed by atoms with E-state index >= 15 is 0 Å². The monoisotopic (exact) mass is 125 g/mol. The molecule has 0 spiro atoms. The van der Waals surface area contributed by atoms with Crippen LogP contribution in [0.3, 0.4) is 0 Å². The van der Waals surface area contributed by atoms with Crippen LogP contribution in [-0.4, -0.2) is 17.3 Å². The van der Waals surface area contributed by atoms with E-state index in [9.17, 15) is 0 Å². The summed E-state index contributed by atoms with van der Waals surface area (Å²) in [5.41, 5.74) is 5.27. The summed E-state index contributed by atoms with van der Waals surface area (Å²) in [4.78, 5) is 7.28. The molecule has 0 amide bonds. The number of guanidine groups is 1. The zero-order valence-corrected chi connectivity index (χ0v) is 4.78. The molecule has 1 rings (SSSR count). The number of hydrogen-bond donors (Lipinski definition) is 2. The van der Waals surface area contributed by atoms with Crippen molar-refractivity contribution in [3.8, 4) is 0 Å². The predicted octanol–water partition coefficient (Wildman–Crippen LogP) is -1.01. The second-order valence-electron chi connectivity index (χ2n) is 1.52. The number of rotatable bonds is 0. The van der Waals surface area contributed by atoms with Gasteiger partial charge in [-0.3, -0.25) is 0 Å². The summed E-state index contributed by atoms with van der Waals surface area (Å²) in [7, 11) is 0. The van der Waals surface area contributed by atoms with Crippen molar-refractivity contribution in [2.75, 3.05) is 0 Å². The highest BCUT2D eigenvalue weighted by Crippen LogP contribution is 1.98. The molecule has 5 nitrogen and oxygen atoms in total. The normalized spacial score (nSPS) is 18.1. The number of hydrogen-bond acceptors (Lipinski definition) is 5. The Labute approximate surface area is 52.3 Å². The first-order chi connectivity index (χ1) is 4.22. The Morgan fingerprint density at radius 3 is 2.78 bits per heavy atom. The Morgan fingerprint density at radius 2 is 2.33 bits per heavy atom. The van der Waals surface area contributed by atoms with Crippen LogP contribution in [-0.2, 0) is 0 Å². The molecule has 4 N–H and O–H groups in total. The zero-order valence-electron chi connectivity index (χ0n) is 4.78. The van der Waals surface area contributed by atoms with Gasteiger partial charge in [-0.05, 0) is 0 Å². The van der Waals surface area contributed by atoms with Gasteiger partial charge in [0.1, 0.15) is 12.2 Å². The smallest absolute Gasteiger partial charge is 0.218 e. The third-order valence-corrected chi connectivity index (χ3v) is 0.922. The maximum atomic E-state index is 5.29. The number of nitrogens with two attached hydrogens (primary N) is 2. The Morgan fingerprint density at radius 1 is 1.67 bits per heavy atom. The molecule has 0 aromatic heterocycles. The Kier molecular flexibility index (Phi) is 1.20. The van der Waals surface area contributed by atoms with E-state index in [1.54, 1.807) is 0 Å². The maximum absolute atomic E-state index is 5.29. The summed E-state index contributed by atoms with van der Waals surface area (Å²) in [6, 6.07) is 0. The Bertz CT molecular complexity index is 191. The van der Waals surface area contributed by atoms with Gasteiger partial charge in [0.2, 0.25) is 5.96 Å². The summed E-state index contributed by atoms with van der Waals surface area (Å²) in [5, 5.41) is 1.11. The highest BCUT2D eigenvalue weighted by molar-refractivity contribution is 5.88. The summed E-state index contributed by atoms with van der Waals surface area (Å²) < 4.78 is 0. The van der Waals surface area contributed by atoms with Crippen LogP contribution in [0.2, 0.25) is 0 Å². The van der Waals surface area contributed by atoms with E-state index in [1.165, 1.54) is 6.34 Å². The Balaban J connectivity index is 2.86. The molecule has 0 bridgehead atoms. The molecule has 9 heavy (non-hydrogen) atoms. The largest absolute Gasteiger partial charge is 0.368 e. The molecule has 1 aliphatic rings. The van der Waals surface area contributed by atoms with Gasteiger partial charge in [0.05, 0.1) is 0 Å². The van der Waals surface area contributed by atoms with E-state index in [0.717, 1.165) is 5.01 Å². The van der Waals surface area contributed by atoms with E-state index in [1.807, 2.05) is 0 Å². The van der Waals surface area contributed by atoms with Gasteiger partial charge >= 0.3 is 0 Å². The number of aliphatic imine (C=N–C) groups is 2. The molecule has 48 valence electrons. The molecule has 0 saturated carbocycles. The fourth-order valence-corrected chi connectivity index (χ4v) is 0.411. The second kappa shape index (κ2) is 1.87. The minimum Gasteiger partial charge on any atom is -0.368 e. The van der Waals surface area contributed by atoms with Crippen molar-refractivity contribution in [2.24, 2.45) is 21.6 Å². The second-order valence-corrected chi connectivity index (χ2v) is 1.52. The molecule has 0 atom stereocenters. The molecule has 0 aliphatic carbocycles. The van der Waals surface area contributed by atoms with Crippen LogP contribution < -0.4 is 11.6 Å². The van der Waals surface area contributed by atoms with Crippen LogP contribution in [0.4, 0.5) is 0 Å². The SMILES string of the molecule is C=C1N=CN=C(N)N1N. The fourth-order valence-electron chi connectivity index (χ4n) is 0.411. The van der Waals surface area contributed by atoms with Gasteiger partial charge in [0.25, 0.3) is 0 Å². The highest BCUT2D eigenvalue weighted by atomic mass is 15.5. The molecule has 5 heteroatoms. The predicted molar refractivity (Wildman–Crippen MR) is 35.3 cm³/mol. The summed E-state index contributed by atoms with van der Waals surface area (Å²) in [6.07, 6.45) is 1.31. The quantitative estimate of drug-likeness (QED) is 0.407. The molecule has 0 unspecified atom stereocenters. The zero-order chi connectivity index (χ0) is 6.85. The van der Waals surface area contributed by atoms with Gasteiger partial charge in [0.15, 0.2) is 0 Å². The Hall–Kier alpha value is -1.36. The molecule has 1 aliphatic heterocycles. The number of nitrogens with zero attached hydrogens (tertiary/aromatic N) is 3. The lowest BCUT2D eigenvalue weighted by Gasteiger charge is -2.17. The van der Waals surface area contributed by atoms with Gasteiger partial charge in [-0.25, -0.2) is 20.8 Å². The molecule has 0 fully saturated rings.